The zero-order valence-corrected chi connectivity index (χ0v) is 41.1. The van der Waals surface area contributed by atoms with Crippen molar-refractivity contribution in [3.63, 3.8) is 0 Å². The van der Waals surface area contributed by atoms with Gasteiger partial charge in [-0.25, -0.2) is 29.5 Å². The maximum Gasteiger partial charge on any atom is 0.408 e. The fourth-order valence-corrected chi connectivity index (χ4v) is 14.7. The van der Waals surface area contributed by atoms with Gasteiger partial charge in [-0.1, -0.05) is 95.3 Å². The van der Waals surface area contributed by atoms with Crippen molar-refractivity contribution in [2.24, 2.45) is 5.92 Å². The van der Waals surface area contributed by atoms with Gasteiger partial charge in [0.15, 0.2) is 12.0 Å². The Labute approximate surface area is 387 Å². The number of esters is 1. The van der Waals surface area contributed by atoms with E-state index in [2.05, 4.69) is 65.6 Å². The van der Waals surface area contributed by atoms with Gasteiger partial charge in [0.1, 0.15) is 49.4 Å². The first-order valence-corrected chi connectivity index (χ1v) is 25.5. The Morgan fingerprint density at radius 1 is 0.734 bits per heavy atom. The Bertz CT molecular complexity index is 2530. The standard InChI is InChI=1S/C47H54N6O7S3Si/c1-11-58-44(56)36-27-61-41(51-36)33-23-22-30(24-54)48-39(33)34-25-62-43(49-34)38(52-40(55)35-26-63-42(50-35)37(28(2)3)53-45(57)59-46(5,6)7)29(4)60-64(47(8,9)10,31-18-14-12-15-19-31)32-20-16-13-17-21-32/h12-29,37-38H,11H2,1-10H3,(H,52,55)(H,53,57)/t29-,37-,38+/m1/s1. The summed E-state index contributed by atoms with van der Waals surface area (Å²) in [4.78, 5) is 71.0. The quantitative estimate of drug-likeness (QED) is 0.0538. The molecule has 0 saturated carbocycles. The van der Waals surface area contributed by atoms with Gasteiger partial charge in [-0.3, -0.25) is 9.59 Å². The number of rotatable bonds is 16. The lowest BCUT2D eigenvalue weighted by Gasteiger charge is -2.45. The molecule has 2 amide bonds. The zero-order chi connectivity index (χ0) is 46.4. The Hall–Kier alpha value is -5.46. The van der Waals surface area contributed by atoms with Gasteiger partial charge < -0.3 is 24.5 Å². The second-order valence-electron chi connectivity index (χ2n) is 17.5. The molecule has 0 aliphatic carbocycles. The van der Waals surface area contributed by atoms with Crippen LogP contribution in [0.2, 0.25) is 5.04 Å². The van der Waals surface area contributed by atoms with Crippen molar-refractivity contribution < 1.29 is 33.1 Å². The molecular formula is C47H54N6O7S3Si. The Kier molecular flexibility index (Phi) is 15.1. The molecule has 0 saturated heterocycles. The van der Waals surface area contributed by atoms with E-state index in [1.165, 1.54) is 34.0 Å². The van der Waals surface area contributed by atoms with E-state index in [1.807, 2.05) is 62.5 Å². The van der Waals surface area contributed by atoms with E-state index in [-0.39, 0.29) is 34.6 Å². The largest absolute Gasteiger partial charge is 0.461 e. The zero-order valence-electron chi connectivity index (χ0n) is 37.6. The Balaban J connectivity index is 1.43. The van der Waals surface area contributed by atoms with Crippen molar-refractivity contribution in [2.45, 2.75) is 98.1 Å². The average Bonchev–Trinajstić information content (AvgIpc) is 4.06. The number of pyridine rings is 1. The first-order valence-electron chi connectivity index (χ1n) is 20.9. The molecule has 3 atom stereocenters. The molecule has 13 nitrogen and oxygen atoms in total. The smallest absolute Gasteiger partial charge is 0.408 e. The molecule has 336 valence electrons. The summed E-state index contributed by atoms with van der Waals surface area (Å²) in [6.07, 6.45) is -0.582. The number of carbonyl (C=O) groups excluding carboxylic acids is 4. The fraction of sp³-hybridized carbons (Fsp3) is 0.362. The van der Waals surface area contributed by atoms with Crippen LogP contribution in [0.15, 0.2) is 88.9 Å². The van der Waals surface area contributed by atoms with E-state index in [0.29, 0.717) is 38.3 Å². The highest BCUT2D eigenvalue weighted by Gasteiger charge is 2.52. The third kappa shape index (κ3) is 10.9. The number of amides is 2. The minimum Gasteiger partial charge on any atom is -0.461 e. The molecule has 4 aromatic heterocycles. The summed E-state index contributed by atoms with van der Waals surface area (Å²) in [6.45, 7) is 19.8. The maximum absolute atomic E-state index is 14.5. The van der Waals surface area contributed by atoms with Crippen LogP contribution in [0.4, 0.5) is 4.79 Å². The van der Waals surface area contributed by atoms with Gasteiger partial charge in [0.2, 0.25) is 0 Å². The third-order valence-electron chi connectivity index (χ3n) is 10.2. The summed E-state index contributed by atoms with van der Waals surface area (Å²) in [5.74, 6) is -1.06. The summed E-state index contributed by atoms with van der Waals surface area (Å²) < 4.78 is 18.3. The lowest BCUT2D eigenvalue weighted by molar-refractivity contribution is 0.0486. The minimum absolute atomic E-state index is 0.0618. The van der Waals surface area contributed by atoms with E-state index in [1.54, 1.807) is 50.6 Å². The topological polar surface area (TPSA) is 172 Å². The molecule has 64 heavy (non-hydrogen) atoms. The number of aldehydes is 1. The van der Waals surface area contributed by atoms with Crippen LogP contribution >= 0.6 is 34.0 Å². The van der Waals surface area contributed by atoms with Crippen molar-refractivity contribution in [3.05, 3.63) is 116 Å². The molecule has 6 rings (SSSR count). The number of carbonyl (C=O) groups is 4. The van der Waals surface area contributed by atoms with Crippen LogP contribution in [0.1, 0.15) is 123 Å². The monoisotopic (exact) mass is 938 g/mol. The molecule has 0 unspecified atom stereocenters. The molecule has 0 radical (unpaired) electrons. The van der Waals surface area contributed by atoms with Gasteiger partial charge in [-0.05, 0) is 68.1 Å². The first kappa shape index (κ1) is 48.0. The van der Waals surface area contributed by atoms with Crippen LogP contribution < -0.4 is 21.0 Å². The Morgan fingerprint density at radius 2 is 1.34 bits per heavy atom. The molecule has 0 spiro atoms. The lowest BCUT2D eigenvalue weighted by atomic mass is 10.1. The van der Waals surface area contributed by atoms with Crippen LogP contribution in [0.25, 0.3) is 22.0 Å². The van der Waals surface area contributed by atoms with Crippen LogP contribution in [-0.2, 0) is 13.9 Å². The van der Waals surface area contributed by atoms with E-state index in [0.717, 1.165) is 10.4 Å². The second-order valence-corrected chi connectivity index (χ2v) is 24.3. The summed E-state index contributed by atoms with van der Waals surface area (Å²) in [5, 5.41) is 14.6. The highest BCUT2D eigenvalue weighted by atomic mass is 32.1. The van der Waals surface area contributed by atoms with Crippen molar-refractivity contribution in [3.8, 4) is 22.0 Å². The molecule has 2 aromatic carbocycles. The minimum atomic E-state index is -3.17. The average molecular weight is 939 g/mol. The number of ether oxygens (including phenoxy) is 2. The maximum atomic E-state index is 14.5. The lowest BCUT2D eigenvalue weighted by Crippen LogP contribution is -2.68. The second kappa shape index (κ2) is 20.1. The van der Waals surface area contributed by atoms with Crippen LogP contribution in [0.3, 0.4) is 0 Å². The molecule has 6 aromatic rings. The molecule has 0 fully saturated rings. The van der Waals surface area contributed by atoms with Crippen molar-refractivity contribution in [2.75, 3.05) is 6.61 Å². The molecule has 4 heterocycles. The number of thiazole rings is 3. The van der Waals surface area contributed by atoms with Crippen LogP contribution in [0.5, 0.6) is 0 Å². The number of aromatic nitrogens is 4. The summed E-state index contributed by atoms with van der Waals surface area (Å²) >= 11 is 3.83. The normalized spacial score (nSPS) is 13.5. The fourth-order valence-electron chi connectivity index (χ4n) is 7.26. The van der Waals surface area contributed by atoms with Gasteiger partial charge in [-0.2, -0.15) is 0 Å². The van der Waals surface area contributed by atoms with Gasteiger partial charge in [0.05, 0.1) is 18.8 Å². The molecule has 0 aliphatic heterocycles. The predicted octanol–water partition coefficient (Wildman–Crippen LogP) is 9.43. The SMILES string of the molecule is CCOC(=O)c1csc(-c2ccc(C=O)nc2-c2csc([C@@H](NC(=O)c3csc([C@H](NC(=O)OC(C)(C)C)C(C)C)n3)[C@@H](C)O[Si](c3ccccc3)(c3ccccc3)C(C)(C)C)n2)n1. The number of alkyl carbamates (subject to hydrolysis) is 1. The summed E-state index contributed by atoms with van der Waals surface area (Å²) in [5.41, 5.74) is 1.20. The number of hydrogen-bond donors (Lipinski definition) is 2. The van der Waals surface area contributed by atoms with E-state index in [9.17, 15) is 19.2 Å². The first-order chi connectivity index (χ1) is 30.3. The highest BCUT2D eigenvalue weighted by molar-refractivity contribution is 7.13. The van der Waals surface area contributed by atoms with E-state index >= 15 is 0 Å². The highest BCUT2D eigenvalue weighted by Crippen LogP contribution is 2.40. The van der Waals surface area contributed by atoms with Crippen LogP contribution in [0, 0.1) is 5.92 Å². The number of benzene rings is 2. The van der Waals surface area contributed by atoms with Crippen LogP contribution in [-0.4, -0.2) is 70.8 Å². The van der Waals surface area contributed by atoms with Gasteiger partial charge in [0.25, 0.3) is 14.2 Å². The van der Waals surface area contributed by atoms with Gasteiger partial charge in [0, 0.05) is 21.7 Å². The summed E-state index contributed by atoms with van der Waals surface area (Å²) in [6, 6.07) is 22.5. The number of nitrogens with zero attached hydrogens (tertiary/aromatic N) is 4. The molecular weight excluding hydrogens is 885 g/mol. The molecule has 0 bridgehead atoms. The molecule has 0 aliphatic rings. The third-order valence-corrected chi connectivity index (χ3v) is 18.0. The number of nitrogens with one attached hydrogen (secondary N) is 2. The molecule has 17 heteroatoms. The van der Waals surface area contributed by atoms with Crippen molar-refractivity contribution in [1.29, 1.82) is 0 Å². The van der Waals surface area contributed by atoms with Gasteiger partial charge in [-0.15, -0.1) is 34.0 Å². The number of hydrogen-bond acceptors (Lipinski definition) is 14. The van der Waals surface area contributed by atoms with Crippen molar-refractivity contribution in [1.82, 2.24) is 30.6 Å². The van der Waals surface area contributed by atoms with E-state index < -0.39 is 50.1 Å². The van der Waals surface area contributed by atoms with Gasteiger partial charge >= 0.3 is 12.1 Å². The molecule has 2 N–H and O–H groups in total. The van der Waals surface area contributed by atoms with E-state index in [4.69, 9.17) is 23.9 Å². The Morgan fingerprint density at radius 3 is 1.92 bits per heavy atom. The predicted molar refractivity (Wildman–Crippen MR) is 255 cm³/mol. The summed E-state index contributed by atoms with van der Waals surface area (Å²) in [7, 11) is -3.17. The van der Waals surface area contributed by atoms with Crippen molar-refractivity contribution >= 4 is 77.0 Å².